The lowest BCUT2D eigenvalue weighted by Gasteiger charge is -2.11. The van der Waals surface area contributed by atoms with Gasteiger partial charge in [0.1, 0.15) is 5.88 Å². The molecule has 0 aliphatic heterocycles. The number of amides is 2. The van der Waals surface area contributed by atoms with Gasteiger partial charge in [-0.15, -0.1) is 11.6 Å². The number of H-pyrrole nitrogens is 1. The van der Waals surface area contributed by atoms with E-state index in [1.54, 1.807) is 43.3 Å². The van der Waals surface area contributed by atoms with Crippen molar-refractivity contribution in [3.63, 3.8) is 0 Å². The molecule has 2 amide bonds. The van der Waals surface area contributed by atoms with Gasteiger partial charge in [-0.1, -0.05) is 23.7 Å². The number of alkyl halides is 1. The highest BCUT2D eigenvalue weighted by Gasteiger charge is 2.25. The maximum absolute atomic E-state index is 12.6. The smallest absolute Gasteiger partial charge is 0.346 e. The second kappa shape index (κ2) is 10.2. The Morgan fingerprint density at radius 3 is 2.28 bits per heavy atom. The summed E-state index contributed by atoms with van der Waals surface area (Å²) in [4.78, 5) is 48.4. The van der Waals surface area contributed by atoms with Crippen LogP contribution >= 0.6 is 23.2 Å². The zero-order chi connectivity index (χ0) is 23.3. The van der Waals surface area contributed by atoms with Gasteiger partial charge in [-0.2, -0.15) is 0 Å². The fraction of sp³-hybridized carbons (Fsp3) is 0.143. The molecule has 0 aliphatic carbocycles. The normalized spacial score (nSPS) is 10.5. The van der Waals surface area contributed by atoms with Crippen LogP contribution in [0.15, 0.2) is 53.3 Å². The van der Waals surface area contributed by atoms with Gasteiger partial charge in [-0.05, 0) is 43.3 Å². The number of esters is 1. The highest BCUT2D eigenvalue weighted by molar-refractivity contribution is 6.30. The fourth-order valence-corrected chi connectivity index (χ4v) is 3.09. The Labute approximate surface area is 192 Å². The van der Waals surface area contributed by atoms with E-state index < -0.39 is 23.3 Å². The quantitative estimate of drug-likeness (QED) is 0.286. The molecular formula is C21H18Cl2N4O5. The van der Waals surface area contributed by atoms with Crippen molar-refractivity contribution >= 4 is 41.0 Å². The molecule has 0 saturated carbocycles. The van der Waals surface area contributed by atoms with Crippen molar-refractivity contribution in [2.45, 2.75) is 6.92 Å². The number of nitrogens with zero attached hydrogens (tertiary/aromatic N) is 1. The number of benzene rings is 2. The van der Waals surface area contributed by atoms with Crippen molar-refractivity contribution in [1.82, 2.24) is 20.6 Å². The predicted molar refractivity (Wildman–Crippen MR) is 119 cm³/mol. The molecule has 0 fully saturated rings. The van der Waals surface area contributed by atoms with E-state index in [0.29, 0.717) is 16.3 Å². The van der Waals surface area contributed by atoms with Crippen LogP contribution < -0.4 is 16.4 Å². The second-order valence-corrected chi connectivity index (χ2v) is 7.11. The highest BCUT2D eigenvalue weighted by atomic mass is 35.5. The van der Waals surface area contributed by atoms with E-state index in [-0.39, 0.29) is 29.3 Å². The third-order valence-electron chi connectivity index (χ3n) is 4.32. The molecule has 0 radical (unpaired) electrons. The number of hydrogen-bond acceptors (Lipinski definition) is 5. The van der Waals surface area contributed by atoms with Gasteiger partial charge < -0.3 is 4.74 Å². The highest BCUT2D eigenvalue weighted by Crippen LogP contribution is 2.27. The number of hydrazine groups is 1. The lowest BCUT2D eigenvalue weighted by atomic mass is 10.1. The first-order chi connectivity index (χ1) is 15.3. The minimum absolute atomic E-state index is 0.105. The lowest BCUT2D eigenvalue weighted by Crippen LogP contribution is -2.42. The van der Waals surface area contributed by atoms with E-state index in [4.69, 9.17) is 27.9 Å². The maximum atomic E-state index is 12.6. The Morgan fingerprint density at radius 2 is 1.69 bits per heavy atom. The van der Waals surface area contributed by atoms with Crippen LogP contribution in [0.1, 0.15) is 27.6 Å². The summed E-state index contributed by atoms with van der Waals surface area (Å²) < 4.78 is 6.48. The van der Waals surface area contributed by atoms with Crippen LogP contribution in [0.3, 0.4) is 0 Å². The molecule has 32 heavy (non-hydrogen) atoms. The third-order valence-corrected chi connectivity index (χ3v) is 4.82. The van der Waals surface area contributed by atoms with Gasteiger partial charge >= 0.3 is 5.97 Å². The first-order valence-corrected chi connectivity index (χ1v) is 10.3. The van der Waals surface area contributed by atoms with Crippen LogP contribution in [0.4, 0.5) is 0 Å². The zero-order valence-electron chi connectivity index (χ0n) is 16.8. The molecule has 3 aromatic rings. The fourth-order valence-electron chi connectivity index (χ4n) is 2.89. The number of nitrogens with one attached hydrogen (secondary N) is 3. The number of hydrogen-bond donors (Lipinski definition) is 3. The maximum Gasteiger partial charge on any atom is 0.346 e. The van der Waals surface area contributed by atoms with E-state index in [0.717, 1.165) is 0 Å². The van der Waals surface area contributed by atoms with Gasteiger partial charge in [-0.3, -0.25) is 35.0 Å². The molecule has 0 atom stereocenters. The van der Waals surface area contributed by atoms with Gasteiger partial charge in [-0.25, -0.2) is 4.79 Å². The van der Waals surface area contributed by atoms with Crippen LogP contribution in [-0.4, -0.2) is 40.1 Å². The van der Waals surface area contributed by atoms with Crippen molar-refractivity contribution in [3.8, 4) is 16.9 Å². The summed E-state index contributed by atoms with van der Waals surface area (Å²) in [5, 5.41) is 3.13. The Morgan fingerprint density at radius 1 is 1.03 bits per heavy atom. The van der Waals surface area contributed by atoms with Crippen LogP contribution in [0, 0.1) is 0 Å². The van der Waals surface area contributed by atoms with Crippen LogP contribution in [0.5, 0.6) is 0 Å². The number of carbonyl (C=O) groups excluding carboxylic acids is 3. The molecule has 2 aromatic carbocycles. The molecule has 1 heterocycles. The average Bonchev–Trinajstić information content (AvgIpc) is 3.15. The number of halogens is 2. The van der Waals surface area contributed by atoms with E-state index >= 15 is 0 Å². The van der Waals surface area contributed by atoms with E-state index in [1.165, 1.54) is 16.8 Å². The molecule has 0 bridgehead atoms. The summed E-state index contributed by atoms with van der Waals surface area (Å²) in [6.45, 7) is 1.75. The molecule has 11 heteroatoms. The number of rotatable bonds is 6. The van der Waals surface area contributed by atoms with E-state index in [9.17, 15) is 19.2 Å². The van der Waals surface area contributed by atoms with Crippen molar-refractivity contribution < 1.29 is 19.1 Å². The summed E-state index contributed by atoms with van der Waals surface area (Å²) in [5.41, 5.74) is 5.18. The summed E-state index contributed by atoms with van der Waals surface area (Å²) in [7, 11) is 0. The average molecular weight is 477 g/mol. The van der Waals surface area contributed by atoms with Gasteiger partial charge in [0.05, 0.1) is 18.0 Å². The van der Waals surface area contributed by atoms with Crippen LogP contribution in [0.25, 0.3) is 16.9 Å². The molecule has 0 unspecified atom stereocenters. The zero-order valence-corrected chi connectivity index (χ0v) is 18.3. The van der Waals surface area contributed by atoms with Gasteiger partial charge in [0.2, 0.25) is 0 Å². The standard InChI is InChI=1S/C21H18Cl2N4O5/c1-2-32-21(31)17-18(12-3-7-14(23)8-4-12)27(26-20(17)30)15-9-5-13(6-10-15)19(29)25-24-16(28)11-22/h3-10H,2,11H2,1H3,(H,24,28)(H,25,29)(H,26,30). The van der Waals surface area contributed by atoms with Crippen molar-refractivity contribution in [3.05, 3.63) is 75.0 Å². The molecule has 1 aromatic heterocycles. The van der Waals surface area contributed by atoms with Crippen molar-refractivity contribution in [2.24, 2.45) is 0 Å². The third kappa shape index (κ3) is 5.01. The molecule has 0 spiro atoms. The Bertz CT molecular complexity index is 1200. The SMILES string of the molecule is CCOC(=O)c1c(-c2ccc(Cl)cc2)n(-c2ccc(C(=O)NNC(=O)CCl)cc2)[nH]c1=O. The lowest BCUT2D eigenvalue weighted by molar-refractivity contribution is -0.119. The number of aromatic amines is 1. The topological polar surface area (TPSA) is 122 Å². The largest absolute Gasteiger partial charge is 0.462 e. The second-order valence-electron chi connectivity index (χ2n) is 6.41. The first kappa shape index (κ1) is 23.1. The van der Waals surface area contributed by atoms with Gasteiger partial charge in [0, 0.05) is 16.1 Å². The molecule has 9 nitrogen and oxygen atoms in total. The number of aromatic nitrogens is 2. The van der Waals surface area contributed by atoms with E-state index in [1.807, 2.05) is 0 Å². The Kier molecular flexibility index (Phi) is 7.34. The summed E-state index contributed by atoms with van der Waals surface area (Å²) in [6, 6.07) is 12.7. The number of carbonyl (C=O) groups is 3. The predicted octanol–water partition coefficient (Wildman–Crippen LogP) is 2.66. The summed E-state index contributed by atoms with van der Waals surface area (Å²) >= 11 is 11.3. The van der Waals surface area contributed by atoms with Gasteiger partial charge in [0.25, 0.3) is 17.4 Å². The number of ether oxygens (including phenoxy) is 1. The van der Waals surface area contributed by atoms with Crippen molar-refractivity contribution in [2.75, 3.05) is 12.5 Å². The Hall–Kier alpha value is -3.56. The van der Waals surface area contributed by atoms with Crippen LogP contribution in [0.2, 0.25) is 5.02 Å². The molecular weight excluding hydrogens is 459 g/mol. The molecule has 0 aliphatic rings. The molecule has 3 rings (SSSR count). The summed E-state index contributed by atoms with van der Waals surface area (Å²) in [6.07, 6.45) is 0. The summed E-state index contributed by atoms with van der Waals surface area (Å²) in [5.74, 6) is -2.17. The first-order valence-electron chi connectivity index (χ1n) is 9.39. The van der Waals surface area contributed by atoms with Crippen molar-refractivity contribution in [1.29, 1.82) is 0 Å². The molecule has 0 saturated heterocycles. The molecule has 166 valence electrons. The van der Waals surface area contributed by atoms with E-state index in [2.05, 4.69) is 16.0 Å². The van der Waals surface area contributed by atoms with Gasteiger partial charge in [0.15, 0.2) is 5.56 Å². The van der Waals surface area contributed by atoms with Crippen LogP contribution in [-0.2, 0) is 9.53 Å². The Balaban J connectivity index is 2.02. The molecule has 3 N–H and O–H groups in total. The monoisotopic (exact) mass is 476 g/mol. The minimum atomic E-state index is -0.761. The minimum Gasteiger partial charge on any atom is -0.462 e.